The molecule has 0 aromatic carbocycles. The Bertz CT molecular complexity index is 487. The van der Waals surface area contributed by atoms with Crippen molar-refractivity contribution in [2.24, 2.45) is 0 Å². The van der Waals surface area contributed by atoms with E-state index in [1.54, 1.807) is 6.20 Å². The summed E-state index contributed by atoms with van der Waals surface area (Å²) < 4.78 is 1.88. The third kappa shape index (κ3) is 1.74. The fourth-order valence-electron chi connectivity index (χ4n) is 1.58. The summed E-state index contributed by atoms with van der Waals surface area (Å²) in [7, 11) is 0. The lowest BCUT2D eigenvalue weighted by Crippen LogP contribution is -2.01. The van der Waals surface area contributed by atoms with Crippen molar-refractivity contribution < 1.29 is 9.90 Å². The van der Waals surface area contributed by atoms with Crippen molar-refractivity contribution in [2.45, 2.75) is 26.2 Å². The number of aromatic nitrogens is 2. The molecule has 2 aromatic heterocycles. The predicted octanol–water partition coefficient (Wildman–Crippen LogP) is 2.44. The number of hydrogen-bond donors (Lipinski definition) is 1. The highest BCUT2D eigenvalue weighted by Crippen LogP contribution is 2.23. The van der Waals surface area contributed by atoms with Crippen LogP contribution < -0.4 is 0 Å². The van der Waals surface area contributed by atoms with Gasteiger partial charge in [-0.1, -0.05) is 24.7 Å². The predicted molar refractivity (Wildman–Crippen MR) is 58.6 cm³/mol. The lowest BCUT2D eigenvalue weighted by molar-refractivity contribution is 0.0700. The number of carboxylic acid groups (broad SMARTS) is 1. The van der Waals surface area contributed by atoms with Crippen molar-refractivity contribution in [3.05, 3.63) is 23.0 Å². The van der Waals surface area contributed by atoms with Crippen molar-refractivity contribution in [3.63, 3.8) is 0 Å². The van der Waals surface area contributed by atoms with E-state index in [1.165, 1.54) is 11.3 Å². The summed E-state index contributed by atoms with van der Waals surface area (Å²) >= 11 is 1.24. The number of hydrogen-bond acceptors (Lipinski definition) is 3. The summed E-state index contributed by atoms with van der Waals surface area (Å²) in [6, 6.07) is 0. The Labute approximate surface area is 91.2 Å². The molecule has 0 aliphatic heterocycles. The fraction of sp³-hybridized carbons (Fsp3) is 0.400. The normalized spacial score (nSPS) is 11.0. The van der Waals surface area contributed by atoms with Crippen LogP contribution in [0.2, 0.25) is 0 Å². The van der Waals surface area contributed by atoms with Gasteiger partial charge < -0.3 is 5.11 Å². The number of carboxylic acids is 1. The smallest absolute Gasteiger partial charge is 0.347 e. The molecule has 0 saturated carbocycles. The zero-order chi connectivity index (χ0) is 10.8. The van der Waals surface area contributed by atoms with E-state index in [-0.39, 0.29) is 0 Å². The average Bonchev–Trinajstić information content (AvgIpc) is 2.74. The summed E-state index contributed by atoms with van der Waals surface area (Å²) in [6.45, 7) is 2.10. The topological polar surface area (TPSA) is 54.6 Å². The number of rotatable bonds is 4. The number of aryl methyl sites for hydroxylation is 1. The minimum atomic E-state index is -0.850. The first-order chi connectivity index (χ1) is 7.24. The molecule has 0 atom stereocenters. The Morgan fingerprint density at radius 1 is 1.67 bits per heavy atom. The number of aromatic carboxylic acids is 1. The molecule has 0 aliphatic carbocycles. The molecule has 2 heterocycles. The highest BCUT2D eigenvalue weighted by atomic mass is 32.1. The van der Waals surface area contributed by atoms with Crippen molar-refractivity contribution in [3.8, 4) is 0 Å². The summed E-state index contributed by atoms with van der Waals surface area (Å²) in [4.78, 5) is 16.3. The van der Waals surface area contributed by atoms with Crippen LogP contribution in [0.1, 0.15) is 35.1 Å². The maximum absolute atomic E-state index is 11.0. The van der Waals surface area contributed by atoms with Crippen LogP contribution in [-0.4, -0.2) is 20.5 Å². The quantitative estimate of drug-likeness (QED) is 0.867. The Hall–Kier alpha value is -1.36. The van der Waals surface area contributed by atoms with Crippen molar-refractivity contribution in [1.82, 2.24) is 9.38 Å². The van der Waals surface area contributed by atoms with E-state index in [0.29, 0.717) is 4.88 Å². The van der Waals surface area contributed by atoms with Gasteiger partial charge >= 0.3 is 5.97 Å². The van der Waals surface area contributed by atoms with Gasteiger partial charge in [0.15, 0.2) is 4.96 Å². The molecule has 5 heteroatoms. The van der Waals surface area contributed by atoms with Gasteiger partial charge in [0.05, 0.1) is 0 Å². The van der Waals surface area contributed by atoms with E-state index >= 15 is 0 Å². The highest BCUT2D eigenvalue weighted by molar-refractivity contribution is 7.18. The molecule has 0 unspecified atom stereocenters. The van der Waals surface area contributed by atoms with Crippen LogP contribution in [-0.2, 0) is 6.42 Å². The SMILES string of the molecule is CCCCc1c(C(=O)O)sc2nccn12. The van der Waals surface area contributed by atoms with Gasteiger partial charge in [-0.15, -0.1) is 0 Å². The van der Waals surface area contributed by atoms with Crippen LogP contribution in [0.3, 0.4) is 0 Å². The van der Waals surface area contributed by atoms with Gasteiger partial charge in [-0.2, -0.15) is 0 Å². The number of nitrogens with zero attached hydrogens (tertiary/aromatic N) is 2. The first kappa shape index (κ1) is 10.2. The van der Waals surface area contributed by atoms with Crippen LogP contribution >= 0.6 is 11.3 Å². The fourth-order valence-corrected chi connectivity index (χ4v) is 2.55. The Kier molecular flexibility index (Phi) is 2.73. The number of fused-ring (bicyclic) bond motifs is 1. The minimum absolute atomic E-state index is 0.423. The summed E-state index contributed by atoms with van der Waals surface area (Å²) in [6.07, 6.45) is 6.39. The molecule has 0 amide bonds. The van der Waals surface area contributed by atoms with Gasteiger partial charge in [0.2, 0.25) is 0 Å². The van der Waals surface area contributed by atoms with E-state index in [1.807, 2.05) is 10.6 Å². The molecular weight excluding hydrogens is 212 g/mol. The second-order valence-corrected chi connectivity index (χ2v) is 4.34. The second kappa shape index (κ2) is 4.02. The van der Waals surface area contributed by atoms with E-state index in [4.69, 9.17) is 5.11 Å². The average molecular weight is 224 g/mol. The largest absolute Gasteiger partial charge is 0.477 e. The van der Waals surface area contributed by atoms with Gasteiger partial charge in [0.25, 0.3) is 0 Å². The molecule has 2 rings (SSSR count). The summed E-state index contributed by atoms with van der Waals surface area (Å²) in [5.41, 5.74) is 0.877. The minimum Gasteiger partial charge on any atom is -0.477 e. The van der Waals surface area contributed by atoms with E-state index in [0.717, 1.165) is 29.9 Å². The van der Waals surface area contributed by atoms with Crippen LogP contribution in [0.15, 0.2) is 12.4 Å². The van der Waals surface area contributed by atoms with Crippen LogP contribution in [0.5, 0.6) is 0 Å². The van der Waals surface area contributed by atoms with Crippen LogP contribution in [0.25, 0.3) is 4.96 Å². The number of imidazole rings is 1. The second-order valence-electron chi connectivity index (χ2n) is 3.37. The number of unbranched alkanes of at least 4 members (excludes halogenated alkanes) is 1. The maximum Gasteiger partial charge on any atom is 0.347 e. The molecule has 0 saturated heterocycles. The molecule has 0 radical (unpaired) electrons. The van der Waals surface area contributed by atoms with Gasteiger partial charge in [-0.25, -0.2) is 9.78 Å². The lowest BCUT2D eigenvalue weighted by Gasteiger charge is -1.99. The summed E-state index contributed by atoms with van der Waals surface area (Å²) in [5, 5.41) is 9.05. The maximum atomic E-state index is 11.0. The molecule has 0 aliphatic rings. The molecule has 0 fully saturated rings. The molecule has 15 heavy (non-hydrogen) atoms. The number of carbonyl (C=O) groups is 1. The van der Waals surface area contributed by atoms with E-state index in [9.17, 15) is 4.79 Å². The molecule has 4 nitrogen and oxygen atoms in total. The van der Waals surface area contributed by atoms with E-state index in [2.05, 4.69) is 11.9 Å². The van der Waals surface area contributed by atoms with Gasteiger partial charge in [-0.3, -0.25) is 4.40 Å². The molecule has 1 N–H and O–H groups in total. The zero-order valence-corrected chi connectivity index (χ0v) is 9.25. The van der Waals surface area contributed by atoms with Crippen molar-refractivity contribution in [2.75, 3.05) is 0 Å². The van der Waals surface area contributed by atoms with Gasteiger partial charge in [0, 0.05) is 18.1 Å². The van der Waals surface area contributed by atoms with E-state index < -0.39 is 5.97 Å². The standard InChI is InChI=1S/C10H12N2O2S/c1-2-3-4-7-8(9(13)14)15-10-11-5-6-12(7)10/h5-6H,2-4H2,1H3,(H,13,14). The third-order valence-electron chi connectivity index (χ3n) is 2.31. The lowest BCUT2D eigenvalue weighted by atomic mass is 10.2. The molecule has 0 spiro atoms. The molecular formula is C10H12N2O2S. The van der Waals surface area contributed by atoms with Gasteiger partial charge in [-0.05, 0) is 12.8 Å². The van der Waals surface area contributed by atoms with Crippen LogP contribution in [0.4, 0.5) is 0 Å². The monoisotopic (exact) mass is 224 g/mol. The van der Waals surface area contributed by atoms with Crippen molar-refractivity contribution in [1.29, 1.82) is 0 Å². The molecule has 80 valence electrons. The first-order valence-corrected chi connectivity index (χ1v) is 5.73. The third-order valence-corrected chi connectivity index (χ3v) is 3.41. The Balaban J connectivity index is 2.48. The Morgan fingerprint density at radius 3 is 3.13 bits per heavy atom. The highest BCUT2D eigenvalue weighted by Gasteiger charge is 2.17. The Morgan fingerprint density at radius 2 is 2.47 bits per heavy atom. The molecule has 2 aromatic rings. The van der Waals surface area contributed by atoms with Gasteiger partial charge in [0.1, 0.15) is 4.88 Å². The van der Waals surface area contributed by atoms with Crippen LogP contribution in [0, 0.1) is 0 Å². The molecule has 0 bridgehead atoms. The zero-order valence-electron chi connectivity index (χ0n) is 8.43. The van der Waals surface area contributed by atoms with Crippen molar-refractivity contribution >= 4 is 22.3 Å². The summed E-state index contributed by atoms with van der Waals surface area (Å²) in [5.74, 6) is -0.850. The number of thiazole rings is 1. The first-order valence-electron chi connectivity index (χ1n) is 4.92.